The molecule has 2 rings (SSSR count). The van der Waals surface area contributed by atoms with Crippen LogP contribution in [-0.4, -0.2) is 23.4 Å². The predicted octanol–water partition coefficient (Wildman–Crippen LogP) is 1.77. The summed E-state index contributed by atoms with van der Waals surface area (Å²) in [7, 11) is 0. The fourth-order valence-electron chi connectivity index (χ4n) is 2.07. The molecule has 17 heavy (non-hydrogen) atoms. The summed E-state index contributed by atoms with van der Waals surface area (Å²) in [6.45, 7) is 3.62. The van der Waals surface area contributed by atoms with Crippen molar-refractivity contribution in [2.75, 3.05) is 6.54 Å². The molecule has 1 aromatic rings. The second kappa shape index (κ2) is 5.32. The molecule has 0 radical (unpaired) electrons. The van der Waals surface area contributed by atoms with Gasteiger partial charge in [-0.15, -0.1) is 0 Å². The van der Waals surface area contributed by atoms with Gasteiger partial charge in [0.15, 0.2) is 0 Å². The Morgan fingerprint density at radius 3 is 2.59 bits per heavy atom. The minimum Gasteiger partial charge on any atom is -0.338 e. The van der Waals surface area contributed by atoms with E-state index in [0.717, 1.165) is 19.4 Å². The third kappa shape index (κ3) is 3.07. The van der Waals surface area contributed by atoms with Gasteiger partial charge in [-0.3, -0.25) is 4.79 Å². The van der Waals surface area contributed by atoms with Gasteiger partial charge in [-0.25, -0.2) is 0 Å². The fourth-order valence-corrected chi connectivity index (χ4v) is 2.07. The van der Waals surface area contributed by atoms with Crippen molar-refractivity contribution >= 4 is 5.91 Å². The first kappa shape index (κ1) is 12.1. The van der Waals surface area contributed by atoms with Gasteiger partial charge in [-0.2, -0.15) is 0 Å². The summed E-state index contributed by atoms with van der Waals surface area (Å²) >= 11 is 0. The van der Waals surface area contributed by atoms with Crippen molar-refractivity contribution in [1.82, 2.24) is 4.90 Å². The smallest absolute Gasteiger partial charge is 0.227 e. The van der Waals surface area contributed by atoms with Crippen LogP contribution >= 0.6 is 0 Å². The quantitative estimate of drug-likeness (QED) is 0.841. The lowest BCUT2D eigenvalue weighted by Gasteiger charge is -2.22. The van der Waals surface area contributed by atoms with E-state index in [1.165, 1.54) is 5.56 Å². The zero-order valence-electron chi connectivity index (χ0n) is 10.3. The molecule has 2 atom stereocenters. The summed E-state index contributed by atoms with van der Waals surface area (Å²) in [5, 5.41) is 0. The Balaban J connectivity index is 1.99. The lowest BCUT2D eigenvalue weighted by atomic mass is 10.2. The van der Waals surface area contributed by atoms with Crippen molar-refractivity contribution in [3.05, 3.63) is 35.9 Å². The molecule has 1 saturated carbocycles. The van der Waals surface area contributed by atoms with Crippen molar-refractivity contribution in [1.29, 1.82) is 0 Å². The van der Waals surface area contributed by atoms with Gasteiger partial charge >= 0.3 is 0 Å². The van der Waals surface area contributed by atoms with Crippen LogP contribution in [-0.2, 0) is 11.3 Å². The Morgan fingerprint density at radius 2 is 2.06 bits per heavy atom. The molecule has 3 nitrogen and oxygen atoms in total. The highest BCUT2D eigenvalue weighted by Crippen LogP contribution is 2.30. The van der Waals surface area contributed by atoms with Gasteiger partial charge in [-0.1, -0.05) is 37.3 Å². The van der Waals surface area contributed by atoms with Gasteiger partial charge in [0.1, 0.15) is 0 Å². The average Bonchev–Trinajstić information content (AvgIpc) is 3.06. The summed E-state index contributed by atoms with van der Waals surface area (Å²) in [4.78, 5) is 14.1. The zero-order chi connectivity index (χ0) is 12.3. The Bertz CT molecular complexity index is 377. The molecule has 2 unspecified atom stereocenters. The second-order valence-electron chi connectivity index (χ2n) is 4.75. The van der Waals surface area contributed by atoms with E-state index in [4.69, 9.17) is 5.73 Å². The van der Waals surface area contributed by atoms with Gasteiger partial charge < -0.3 is 10.6 Å². The molecule has 0 heterocycles. The Morgan fingerprint density at radius 1 is 1.41 bits per heavy atom. The van der Waals surface area contributed by atoms with Crippen LogP contribution in [0.4, 0.5) is 0 Å². The van der Waals surface area contributed by atoms with Gasteiger partial charge in [0.25, 0.3) is 0 Å². The number of rotatable bonds is 5. The highest BCUT2D eigenvalue weighted by Gasteiger charge is 2.42. The van der Waals surface area contributed by atoms with Gasteiger partial charge in [-0.05, 0) is 18.4 Å². The maximum Gasteiger partial charge on any atom is 0.227 e. The SMILES string of the molecule is CCCN(Cc1ccccc1)C(=O)C1CC1N. The summed E-state index contributed by atoms with van der Waals surface area (Å²) < 4.78 is 0. The van der Waals surface area contributed by atoms with E-state index in [1.807, 2.05) is 23.1 Å². The first-order valence-corrected chi connectivity index (χ1v) is 6.30. The molecule has 92 valence electrons. The molecule has 0 bridgehead atoms. The largest absolute Gasteiger partial charge is 0.338 e. The minimum atomic E-state index is 0.0743. The van der Waals surface area contributed by atoms with Crippen molar-refractivity contribution in [2.24, 2.45) is 11.7 Å². The van der Waals surface area contributed by atoms with Gasteiger partial charge in [0.05, 0.1) is 5.92 Å². The molecule has 1 aromatic carbocycles. The number of nitrogens with two attached hydrogens (primary N) is 1. The lowest BCUT2D eigenvalue weighted by molar-refractivity contribution is -0.133. The maximum atomic E-state index is 12.2. The van der Waals surface area contributed by atoms with Crippen LogP contribution < -0.4 is 5.73 Å². The molecule has 1 amide bonds. The van der Waals surface area contributed by atoms with E-state index >= 15 is 0 Å². The van der Waals surface area contributed by atoms with Crippen LogP contribution in [0.25, 0.3) is 0 Å². The Hall–Kier alpha value is -1.35. The van der Waals surface area contributed by atoms with Crippen LogP contribution in [0.3, 0.4) is 0 Å². The average molecular weight is 232 g/mol. The standard InChI is InChI=1S/C14H20N2O/c1-2-8-16(14(17)12-9-13(12)15)10-11-6-4-3-5-7-11/h3-7,12-13H,2,8-10,15H2,1H3. The number of hydrogen-bond acceptors (Lipinski definition) is 2. The van der Waals surface area contributed by atoms with E-state index in [9.17, 15) is 4.79 Å². The van der Waals surface area contributed by atoms with Crippen LogP contribution in [0.15, 0.2) is 30.3 Å². The molecule has 1 aliphatic rings. The van der Waals surface area contributed by atoms with E-state index in [1.54, 1.807) is 0 Å². The third-order valence-corrected chi connectivity index (χ3v) is 3.18. The van der Waals surface area contributed by atoms with Crippen LogP contribution in [0.5, 0.6) is 0 Å². The summed E-state index contributed by atoms with van der Waals surface area (Å²) in [6, 6.07) is 10.2. The highest BCUT2D eigenvalue weighted by molar-refractivity contribution is 5.82. The summed E-state index contributed by atoms with van der Waals surface area (Å²) in [5.74, 6) is 0.300. The Labute approximate surface area is 103 Å². The van der Waals surface area contributed by atoms with Crippen LogP contribution in [0.1, 0.15) is 25.3 Å². The molecule has 1 aliphatic carbocycles. The number of hydrogen-bond donors (Lipinski definition) is 1. The van der Waals surface area contributed by atoms with Crippen LogP contribution in [0.2, 0.25) is 0 Å². The monoisotopic (exact) mass is 232 g/mol. The first-order chi connectivity index (χ1) is 8.22. The van der Waals surface area contributed by atoms with Crippen molar-refractivity contribution in [3.63, 3.8) is 0 Å². The number of carbonyl (C=O) groups is 1. The number of carbonyl (C=O) groups excluding carboxylic acids is 1. The number of benzene rings is 1. The number of nitrogens with zero attached hydrogens (tertiary/aromatic N) is 1. The van der Waals surface area contributed by atoms with Crippen LogP contribution in [0, 0.1) is 5.92 Å². The molecule has 0 aliphatic heterocycles. The summed E-state index contributed by atoms with van der Waals surface area (Å²) in [5.41, 5.74) is 6.93. The van der Waals surface area contributed by atoms with E-state index in [-0.39, 0.29) is 17.9 Å². The molecule has 2 N–H and O–H groups in total. The van der Waals surface area contributed by atoms with Crippen molar-refractivity contribution in [3.8, 4) is 0 Å². The molecular weight excluding hydrogens is 212 g/mol. The third-order valence-electron chi connectivity index (χ3n) is 3.18. The molecule has 0 aromatic heterocycles. The summed E-state index contributed by atoms with van der Waals surface area (Å²) in [6.07, 6.45) is 1.84. The van der Waals surface area contributed by atoms with Crippen molar-refractivity contribution < 1.29 is 4.79 Å². The molecular formula is C14H20N2O. The topological polar surface area (TPSA) is 46.3 Å². The zero-order valence-corrected chi connectivity index (χ0v) is 10.3. The Kier molecular flexibility index (Phi) is 3.79. The lowest BCUT2D eigenvalue weighted by Crippen LogP contribution is -2.34. The highest BCUT2D eigenvalue weighted by atomic mass is 16.2. The van der Waals surface area contributed by atoms with E-state index in [2.05, 4.69) is 19.1 Å². The van der Waals surface area contributed by atoms with E-state index < -0.39 is 0 Å². The fraction of sp³-hybridized carbons (Fsp3) is 0.500. The molecule has 0 saturated heterocycles. The van der Waals surface area contributed by atoms with Crippen molar-refractivity contribution in [2.45, 2.75) is 32.4 Å². The predicted molar refractivity (Wildman–Crippen MR) is 68.2 cm³/mol. The first-order valence-electron chi connectivity index (χ1n) is 6.30. The van der Waals surface area contributed by atoms with Gasteiger partial charge in [0.2, 0.25) is 5.91 Å². The van der Waals surface area contributed by atoms with Gasteiger partial charge in [0, 0.05) is 19.1 Å². The minimum absolute atomic E-state index is 0.0743. The maximum absolute atomic E-state index is 12.2. The van der Waals surface area contributed by atoms with E-state index in [0.29, 0.717) is 6.54 Å². The molecule has 3 heteroatoms. The second-order valence-corrected chi connectivity index (χ2v) is 4.75. The normalized spacial score (nSPS) is 22.2. The molecule has 0 spiro atoms. The molecule has 1 fully saturated rings. The number of amides is 1.